The summed E-state index contributed by atoms with van der Waals surface area (Å²) in [5.74, 6) is 0.660. The third-order valence-electron chi connectivity index (χ3n) is 5.58. The van der Waals surface area contributed by atoms with Gasteiger partial charge in [-0.1, -0.05) is 12.1 Å². The summed E-state index contributed by atoms with van der Waals surface area (Å²) in [5.41, 5.74) is 4.91. The highest BCUT2D eigenvalue weighted by atomic mass is 16.1. The first-order valence-corrected chi connectivity index (χ1v) is 10.9. The summed E-state index contributed by atoms with van der Waals surface area (Å²) in [4.78, 5) is 25.6. The van der Waals surface area contributed by atoms with E-state index >= 15 is 0 Å². The second-order valence-corrected chi connectivity index (χ2v) is 8.48. The summed E-state index contributed by atoms with van der Waals surface area (Å²) < 4.78 is 0. The Balaban J connectivity index is 1.55. The van der Waals surface area contributed by atoms with E-state index in [0.717, 1.165) is 53.1 Å². The van der Waals surface area contributed by atoms with Gasteiger partial charge in [0.1, 0.15) is 5.82 Å². The Morgan fingerprint density at radius 3 is 2.76 bits per heavy atom. The van der Waals surface area contributed by atoms with Gasteiger partial charge >= 0.3 is 0 Å². The van der Waals surface area contributed by atoms with E-state index in [9.17, 15) is 4.79 Å². The minimum atomic E-state index is -0.275. The van der Waals surface area contributed by atoms with Crippen molar-refractivity contribution in [2.45, 2.75) is 13.3 Å². The zero-order chi connectivity index (χ0) is 23.4. The molecule has 2 aromatic heterocycles. The van der Waals surface area contributed by atoms with Gasteiger partial charge in [-0.3, -0.25) is 14.9 Å². The molecule has 3 heterocycles. The number of nitrogens with zero attached hydrogens (tertiary/aromatic N) is 5. The number of rotatable bonds is 8. The molecule has 4 rings (SSSR count). The Morgan fingerprint density at radius 2 is 2.12 bits per heavy atom. The predicted octanol–water partition coefficient (Wildman–Crippen LogP) is 3.97. The molecule has 0 aliphatic carbocycles. The standard InChI is InChI=1S/C25H29N7O/c1-17(12-18(14-26-2)16-31(3)4)19-6-8-22-21(13-19)24(30-29-22)25(33)28-20-7-9-23(27-15-20)32-10-5-11-32/h6-9,12-15H,2,5,10-11,16H2,1,3-4H3,(H,28,33)(H,29,30)/b17-12+,18-14+. The van der Waals surface area contributed by atoms with Crippen LogP contribution < -0.4 is 10.2 Å². The molecule has 0 bridgehead atoms. The maximum absolute atomic E-state index is 13.0. The summed E-state index contributed by atoms with van der Waals surface area (Å²) in [6, 6.07) is 9.75. The van der Waals surface area contributed by atoms with Gasteiger partial charge in [0.25, 0.3) is 5.91 Å². The topological polar surface area (TPSA) is 89.5 Å². The number of fused-ring (bicyclic) bond motifs is 1. The minimum Gasteiger partial charge on any atom is -0.356 e. The van der Waals surface area contributed by atoms with E-state index in [4.69, 9.17) is 0 Å². The molecular formula is C25H29N7O. The number of carbonyl (C=O) groups is 1. The molecule has 1 aliphatic rings. The molecule has 3 aromatic rings. The Hall–Kier alpha value is -3.78. The Bertz CT molecular complexity index is 1220. The summed E-state index contributed by atoms with van der Waals surface area (Å²) in [5, 5.41) is 10.9. The summed E-state index contributed by atoms with van der Waals surface area (Å²) in [6.45, 7) is 8.43. The van der Waals surface area contributed by atoms with Gasteiger partial charge in [0.05, 0.1) is 17.4 Å². The molecule has 1 amide bonds. The van der Waals surface area contributed by atoms with Crippen molar-refractivity contribution in [3.63, 3.8) is 0 Å². The van der Waals surface area contributed by atoms with Crippen LogP contribution in [0.2, 0.25) is 0 Å². The number of hydrogen-bond acceptors (Lipinski definition) is 6. The molecule has 1 saturated heterocycles. The SMILES string of the molecule is C=N/C=C(\C=C(/C)c1ccc2[nH]nc(C(=O)Nc3ccc(N4CCC4)nc3)c2c1)CN(C)C. The number of H-pyrrole nitrogens is 1. The molecule has 1 aromatic carbocycles. The highest BCUT2D eigenvalue weighted by molar-refractivity contribution is 6.11. The predicted molar refractivity (Wildman–Crippen MR) is 135 cm³/mol. The lowest BCUT2D eigenvalue weighted by molar-refractivity contribution is 0.102. The van der Waals surface area contributed by atoms with Gasteiger partial charge in [-0.25, -0.2) is 4.98 Å². The fourth-order valence-electron chi connectivity index (χ4n) is 3.78. The van der Waals surface area contributed by atoms with Crippen LogP contribution in [0.15, 0.2) is 59.4 Å². The van der Waals surface area contributed by atoms with Crippen LogP contribution in [0.5, 0.6) is 0 Å². The van der Waals surface area contributed by atoms with Gasteiger partial charge in [-0.15, -0.1) is 0 Å². The van der Waals surface area contributed by atoms with E-state index in [1.165, 1.54) is 6.42 Å². The van der Waals surface area contributed by atoms with Crippen molar-refractivity contribution in [2.75, 3.05) is 43.9 Å². The average molecular weight is 444 g/mol. The van der Waals surface area contributed by atoms with Crippen molar-refractivity contribution in [1.82, 2.24) is 20.1 Å². The molecule has 33 heavy (non-hydrogen) atoms. The van der Waals surface area contributed by atoms with Gasteiger partial charge in [-0.2, -0.15) is 5.10 Å². The van der Waals surface area contributed by atoms with Crippen molar-refractivity contribution < 1.29 is 4.79 Å². The van der Waals surface area contributed by atoms with Gasteiger partial charge in [0, 0.05) is 31.2 Å². The molecule has 0 spiro atoms. The minimum absolute atomic E-state index is 0.275. The smallest absolute Gasteiger partial charge is 0.276 e. The largest absolute Gasteiger partial charge is 0.356 e. The van der Waals surface area contributed by atoms with Crippen molar-refractivity contribution in [2.24, 2.45) is 4.99 Å². The molecule has 0 saturated carbocycles. The van der Waals surface area contributed by atoms with E-state index in [2.05, 4.69) is 48.1 Å². The van der Waals surface area contributed by atoms with Gasteiger partial charge < -0.3 is 15.1 Å². The average Bonchev–Trinajstić information content (AvgIpc) is 3.17. The van der Waals surface area contributed by atoms with Gasteiger partial charge in [0.15, 0.2) is 5.69 Å². The molecular weight excluding hydrogens is 414 g/mol. The number of hydrogen-bond donors (Lipinski definition) is 2. The fraction of sp³-hybridized carbons (Fsp3) is 0.280. The van der Waals surface area contributed by atoms with Gasteiger partial charge in [0.2, 0.25) is 0 Å². The van der Waals surface area contributed by atoms with Crippen LogP contribution in [0.1, 0.15) is 29.4 Å². The molecule has 0 radical (unpaired) electrons. The van der Waals surface area contributed by atoms with Crippen molar-refractivity contribution in [3.05, 3.63) is 65.6 Å². The lowest BCUT2D eigenvalue weighted by atomic mass is 10.0. The molecule has 0 unspecified atom stereocenters. The van der Waals surface area contributed by atoms with Crippen LogP contribution in [0, 0.1) is 0 Å². The number of pyridine rings is 1. The highest BCUT2D eigenvalue weighted by Gasteiger charge is 2.17. The number of nitrogens with one attached hydrogen (secondary N) is 2. The van der Waals surface area contributed by atoms with Crippen molar-refractivity contribution in [3.8, 4) is 0 Å². The van der Waals surface area contributed by atoms with Crippen molar-refractivity contribution >= 4 is 40.6 Å². The van der Waals surface area contributed by atoms with E-state index < -0.39 is 0 Å². The second kappa shape index (κ2) is 9.79. The number of carbonyl (C=O) groups excluding carboxylic acids is 1. The van der Waals surface area contributed by atoms with E-state index in [0.29, 0.717) is 11.4 Å². The number of aliphatic imine (C=N–C) groups is 1. The Kier molecular flexibility index (Phi) is 6.65. The summed E-state index contributed by atoms with van der Waals surface area (Å²) in [6.07, 6.45) is 6.73. The highest BCUT2D eigenvalue weighted by Crippen LogP contribution is 2.25. The maximum Gasteiger partial charge on any atom is 0.276 e. The fourth-order valence-corrected chi connectivity index (χ4v) is 3.78. The first kappa shape index (κ1) is 22.4. The first-order chi connectivity index (χ1) is 15.9. The number of anilines is 2. The zero-order valence-electron chi connectivity index (χ0n) is 19.3. The molecule has 8 heteroatoms. The quantitative estimate of drug-likeness (QED) is 0.406. The van der Waals surface area contributed by atoms with Crippen LogP contribution in [0.25, 0.3) is 16.5 Å². The lowest BCUT2D eigenvalue weighted by Gasteiger charge is -2.31. The van der Waals surface area contributed by atoms with E-state index in [-0.39, 0.29) is 5.91 Å². The molecule has 1 fully saturated rings. The normalized spacial score (nSPS) is 14.5. The number of aromatic amines is 1. The first-order valence-electron chi connectivity index (χ1n) is 10.9. The van der Waals surface area contributed by atoms with Crippen molar-refractivity contribution in [1.29, 1.82) is 0 Å². The van der Waals surface area contributed by atoms with E-state index in [1.54, 1.807) is 12.4 Å². The van der Waals surface area contributed by atoms with E-state index in [1.807, 2.05) is 51.4 Å². The van der Waals surface area contributed by atoms with Crippen LogP contribution >= 0.6 is 0 Å². The molecule has 8 nitrogen and oxygen atoms in total. The summed E-state index contributed by atoms with van der Waals surface area (Å²) in [7, 11) is 4.02. The summed E-state index contributed by atoms with van der Waals surface area (Å²) >= 11 is 0. The Morgan fingerprint density at radius 1 is 1.30 bits per heavy atom. The van der Waals surface area contributed by atoms with Crippen LogP contribution in [-0.4, -0.2) is 66.4 Å². The molecule has 170 valence electrons. The van der Waals surface area contributed by atoms with Crippen LogP contribution in [-0.2, 0) is 0 Å². The zero-order valence-corrected chi connectivity index (χ0v) is 19.3. The molecule has 2 N–H and O–H groups in total. The Labute approximate surface area is 193 Å². The third kappa shape index (κ3) is 5.18. The molecule has 1 aliphatic heterocycles. The number of benzene rings is 1. The van der Waals surface area contributed by atoms with Gasteiger partial charge in [-0.05, 0) is 75.1 Å². The second-order valence-electron chi connectivity index (χ2n) is 8.48. The number of amides is 1. The molecule has 0 atom stereocenters. The maximum atomic E-state index is 13.0. The lowest BCUT2D eigenvalue weighted by Crippen LogP contribution is -2.37. The number of allylic oxidation sites excluding steroid dienone is 1. The number of likely N-dealkylation sites (N-methyl/N-ethyl adjacent to an activating group) is 1. The third-order valence-corrected chi connectivity index (χ3v) is 5.58. The monoisotopic (exact) mass is 443 g/mol. The van der Waals surface area contributed by atoms with Crippen LogP contribution in [0.4, 0.5) is 11.5 Å². The van der Waals surface area contributed by atoms with Crippen LogP contribution in [0.3, 0.4) is 0 Å². The number of aromatic nitrogens is 3.